The van der Waals surface area contributed by atoms with Crippen LogP contribution in [0.3, 0.4) is 0 Å². The van der Waals surface area contributed by atoms with Gasteiger partial charge in [0.1, 0.15) is 5.82 Å². The van der Waals surface area contributed by atoms with E-state index in [0.29, 0.717) is 17.1 Å². The van der Waals surface area contributed by atoms with E-state index >= 15 is 0 Å². The second-order valence-electron chi connectivity index (χ2n) is 5.99. The van der Waals surface area contributed by atoms with Gasteiger partial charge in [-0.25, -0.2) is 9.07 Å². The van der Waals surface area contributed by atoms with Gasteiger partial charge < -0.3 is 10.1 Å². The van der Waals surface area contributed by atoms with Crippen LogP contribution in [-0.2, 0) is 4.74 Å². The number of benzene rings is 2. The molecule has 1 unspecified atom stereocenters. The number of amides is 1. The van der Waals surface area contributed by atoms with Crippen molar-refractivity contribution in [2.75, 3.05) is 12.4 Å². The number of carbonyl (C=O) groups is 1. The number of nitrogens with one attached hydrogen (secondary N) is 1. The van der Waals surface area contributed by atoms with Crippen molar-refractivity contribution in [1.82, 2.24) is 15.0 Å². The zero-order chi connectivity index (χ0) is 19.6. The summed E-state index contributed by atoms with van der Waals surface area (Å²) in [6.45, 7) is 3.63. The Kier molecular flexibility index (Phi) is 5.53. The fourth-order valence-electron chi connectivity index (χ4n) is 2.60. The van der Waals surface area contributed by atoms with E-state index in [1.54, 1.807) is 20.1 Å². The van der Waals surface area contributed by atoms with Crippen molar-refractivity contribution < 1.29 is 13.9 Å². The number of anilines is 1. The molecule has 1 aromatic heterocycles. The fraction of sp³-hybridized carbons (Fsp3) is 0.211. The first-order valence-electron chi connectivity index (χ1n) is 8.22. The second kappa shape index (κ2) is 7.85. The van der Waals surface area contributed by atoms with Gasteiger partial charge in [-0.05, 0) is 49.7 Å². The smallest absolute Gasteiger partial charge is 0.278 e. The van der Waals surface area contributed by atoms with Crippen molar-refractivity contribution in [3.8, 4) is 5.69 Å². The summed E-state index contributed by atoms with van der Waals surface area (Å²) >= 11 is 5.82. The van der Waals surface area contributed by atoms with Crippen LogP contribution in [0, 0.1) is 12.7 Å². The van der Waals surface area contributed by atoms with Gasteiger partial charge in [0.15, 0.2) is 5.69 Å². The maximum absolute atomic E-state index is 13.4. The predicted octanol–water partition coefficient (Wildman–Crippen LogP) is 4.33. The lowest BCUT2D eigenvalue weighted by Gasteiger charge is -2.11. The van der Waals surface area contributed by atoms with E-state index in [1.165, 1.54) is 22.9 Å². The van der Waals surface area contributed by atoms with Crippen LogP contribution in [0.1, 0.15) is 34.8 Å². The summed E-state index contributed by atoms with van der Waals surface area (Å²) in [7, 11) is 1.62. The molecule has 140 valence electrons. The molecule has 1 atom stereocenters. The number of aromatic nitrogens is 3. The molecule has 0 aliphatic rings. The minimum Gasteiger partial charge on any atom is -0.377 e. The van der Waals surface area contributed by atoms with Crippen molar-refractivity contribution in [2.24, 2.45) is 0 Å². The molecule has 0 bridgehead atoms. The van der Waals surface area contributed by atoms with Crippen LogP contribution >= 0.6 is 11.6 Å². The lowest BCUT2D eigenvalue weighted by molar-refractivity contribution is 0.102. The van der Waals surface area contributed by atoms with E-state index in [-0.39, 0.29) is 16.8 Å². The van der Waals surface area contributed by atoms with Crippen LogP contribution in [0.25, 0.3) is 5.69 Å². The summed E-state index contributed by atoms with van der Waals surface area (Å²) in [6, 6.07) is 11.6. The molecule has 0 saturated heterocycles. The second-order valence-corrected chi connectivity index (χ2v) is 6.40. The van der Waals surface area contributed by atoms with Gasteiger partial charge >= 0.3 is 0 Å². The average molecular weight is 389 g/mol. The zero-order valence-electron chi connectivity index (χ0n) is 15.0. The van der Waals surface area contributed by atoms with E-state index in [1.807, 2.05) is 25.1 Å². The summed E-state index contributed by atoms with van der Waals surface area (Å²) in [5.74, 6) is -0.921. The molecular weight excluding hydrogens is 371 g/mol. The Balaban J connectivity index is 1.84. The molecule has 8 heteroatoms. The van der Waals surface area contributed by atoms with Gasteiger partial charge in [0.25, 0.3) is 5.91 Å². The van der Waals surface area contributed by atoms with E-state index in [0.717, 1.165) is 5.56 Å². The summed E-state index contributed by atoms with van der Waals surface area (Å²) in [5, 5.41) is 10.7. The lowest BCUT2D eigenvalue weighted by atomic mass is 10.1. The van der Waals surface area contributed by atoms with Crippen LogP contribution in [-0.4, -0.2) is 28.0 Å². The van der Waals surface area contributed by atoms with Gasteiger partial charge in [-0.15, -0.1) is 5.10 Å². The topological polar surface area (TPSA) is 69.0 Å². The van der Waals surface area contributed by atoms with Crippen molar-refractivity contribution >= 4 is 23.2 Å². The Morgan fingerprint density at radius 1 is 1.30 bits per heavy atom. The maximum Gasteiger partial charge on any atom is 0.278 e. The lowest BCUT2D eigenvalue weighted by Crippen LogP contribution is -2.14. The first kappa shape index (κ1) is 19.0. The van der Waals surface area contributed by atoms with Gasteiger partial charge in [0.2, 0.25) is 0 Å². The van der Waals surface area contributed by atoms with Gasteiger partial charge in [-0.2, -0.15) is 0 Å². The van der Waals surface area contributed by atoms with E-state index in [4.69, 9.17) is 16.3 Å². The van der Waals surface area contributed by atoms with Crippen molar-refractivity contribution in [1.29, 1.82) is 0 Å². The number of rotatable bonds is 5. The molecule has 1 amide bonds. The number of nitrogens with zero attached hydrogens (tertiary/aromatic N) is 3. The summed E-state index contributed by atoms with van der Waals surface area (Å²) < 4.78 is 20.1. The highest BCUT2D eigenvalue weighted by Gasteiger charge is 2.18. The molecule has 0 aliphatic carbocycles. The van der Waals surface area contributed by atoms with Crippen molar-refractivity contribution in [2.45, 2.75) is 20.0 Å². The quantitative estimate of drug-likeness (QED) is 0.706. The molecular formula is C19H18ClFN4O2. The average Bonchev–Trinajstić information content (AvgIpc) is 3.05. The van der Waals surface area contributed by atoms with Crippen LogP contribution < -0.4 is 5.32 Å². The van der Waals surface area contributed by atoms with E-state index in [9.17, 15) is 9.18 Å². The van der Waals surface area contributed by atoms with Gasteiger partial charge in [0.05, 0.1) is 22.5 Å². The summed E-state index contributed by atoms with van der Waals surface area (Å²) in [4.78, 5) is 12.6. The number of halogens is 2. The third kappa shape index (κ3) is 3.99. The number of methoxy groups -OCH3 is 1. The monoisotopic (exact) mass is 388 g/mol. The van der Waals surface area contributed by atoms with Gasteiger partial charge in [0, 0.05) is 12.8 Å². The van der Waals surface area contributed by atoms with Crippen LogP contribution in [0.2, 0.25) is 5.02 Å². The minimum atomic E-state index is -0.527. The first-order valence-corrected chi connectivity index (χ1v) is 8.60. The largest absolute Gasteiger partial charge is 0.377 e. The molecule has 0 fully saturated rings. The third-order valence-corrected chi connectivity index (χ3v) is 4.51. The molecule has 3 rings (SSSR count). The first-order chi connectivity index (χ1) is 12.9. The Morgan fingerprint density at radius 3 is 2.78 bits per heavy atom. The Morgan fingerprint density at radius 2 is 2.07 bits per heavy atom. The molecule has 3 aromatic rings. The van der Waals surface area contributed by atoms with E-state index in [2.05, 4.69) is 15.6 Å². The van der Waals surface area contributed by atoms with Crippen molar-refractivity contribution in [3.05, 3.63) is 70.3 Å². The number of ether oxygens (including phenoxy) is 1. The van der Waals surface area contributed by atoms with Gasteiger partial charge in [-0.1, -0.05) is 28.9 Å². The highest BCUT2D eigenvalue weighted by atomic mass is 35.5. The number of hydrogen-bond donors (Lipinski definition) is 1. The fourth-order valence-corrected chi connectivity index (χ4v) is 2.77. The highest BCUT2D eigenvalue weighted by Crippen LogP contribution is 2.22. The number of carbonyl (C=O) groups excluding carboxylic acids is 1. The maximum atomic E-state index is 13.4. The standard InChI is InChI=1S/C19H18ClFN4O2/c1-11-18(23-24-25(11)15-7-8-17(21)16(20)10-15)19(26)22-14-6-4-5-13(9-14)12(2)27-3/h4-10,12H,1-3H3,(H,22,26). The molecule has 0 radical (unpaired) electrons. The van der Waals surface area contributed by atoms with Crippen LogP contribution in [0.15, 0.2) is 42.5 Å². The van der Waals surface area contributed by atoms with Crippen molar-refractivity contribution in [3.63, 3.8) is 0 Å². The SMILES string of the molecule is COC(C)c1cccc(NC(=O)c2nnn(-c3ccc(F)c(Cl)c3)c2C)c1. The Hall–Kier alpha value is -2.77. The molecule has 2 aromatic carbocycles. The normalized spacial score (nSPS) is 12.0. The molecule has 0 saturated carbocycles. The molecule has 1 N–H and O–H groups in total. The Bertz CT molecular complexity index is 990. The van der Waals surface area contributed by atoms with Gasteiger partial charge in [-0.3, -0.25) is 4.79 Å². The van der Waals surface area contributed by atoms with Crippen LogP contribution in [0.4, 0.5) is 10.1 Å². The zero-order valence-corrected chi connectivity index (χ0v) is 15.8. The van der Waals surface area contributed by atoms with E-state index < -0.39 is 11.7 Å². The molecule has 27 heavy (non-hydrogen) atoms. The predicted molar refractivity (Wildman–Crippen MR) is 101 cm³/mol. The Labute approximate surface area is 160 Å². The summed E-state index contributed by atoms with van der Waals surface area (Å²) in [5.41, 5.74) is 2.76. The molecule has 0 aliphatic heterocycles. The summed E-state index contributed by atoms with van der Waals surface area (Å²) in [6.07, 6.45) is -0.0901. The third-order valence-electron chi connectivity index (χ3n) is 4.22. The highest BCUT2D eigenvalue weighted by molar-refractivity contribution is 6.30. The number of hydrogen-bond acceptors (Lipinski definition) is 4. The minimum absolute atomic E-state index is 0.0301. The molecule has 1 heterocycles. The molecule has 0 spiro atoms. The molecule has 6 nitrogen and oxygen atoms in total. The van der Waals surface area contributed by atoms with Crippen LogP contribution in [0.5, 0.6) is 0 Å².